The summed E-state index contributed by atoms with van der Waals surface area (Å²) in [7, 11) is 0. The van der Waals surface area contributed by atoms with E-state index in [1.165, 1.54) is 0 Å². The van der Waals surface area contributed by atoms with Gasteiger partial charge in [-0.3, -0.25) is 4.79 Å². The number of nitrogens with one attached hydrogen (secondary N) is 1. The third-order valence-corrected chi connectivity index (χ3v) is 4.98. The van der Waals surface area contributed by atoms with Crippen LogP contribution in [0.3, 0.4) is 0 Å². The fourth-order valence-corrected chi connectivity index (χ4v) is 3.60. The van der Waals surface area contributed by atoms with Crippen LogP contribution in [0.5, 0.6) is 5.75 Å². The average Bonchev–Trinajstić information content (AvgIpc) is 3.03. The molecule has 3 heterocycles. The number of carbonyl (C=O) groups excluding carboxylic acids is 1. The summed E-state index contributed by atoms with van der Waals surface area (Å²) in [6, 6.07) is 11.3. The molecule has 8 heteroatoms. The number of halogens is 1. The highest BCUT2D eigenvalue weighted by molar-refractivity contribution is 6.29. The van der Waals surface area contributed by atoms with Crippen LogP contribution in [-0.2, 0) is 4.79 Å². The molecule has 1 aliphatic rings. The average molecular weight is 412 g/mol. The maximum absolute atomic E-state index is 12.5. The number of ether oxygens (including phenoxy) is 1. The van der Waals surface area contributed by atoms with Crippen molar-refractivity contribution >= 4 is 23.3 Å². The molecule has 0 fully saturated rings. The molecule has 1 unspecified atom stereocenters. The van der Waals surface area contributed by atoms with E-state index in [0.717, 1.165) is 22.6 Å². The minimum Gasteiger partial charge on any atom is -0.493 e. The molecule has 1 atom stereocenters. The fraction of sp³-hybridized carbons (Fsp3) is 0.333. The van der Waals surface area contributed by atoms with Crippen LogP contribution in [0.2, 0.25) is 5.15 Å². The van der Waals surface area contributed by atoms with Crippen molar-refractivity contribution in [3.05, 3.63) is 58.4 Å². The van der Waals surface area contributed by atoms with Crippen LogP contribution in [0.4, 0.5) is 5.82 Å². The SMILES string of the molecule is Cc1nn(-c2ccc(Cl)nn2)c2c1C(c1cccc(OCC(C)C)c1)CC(=O)N2. The fourth-order valence-electron chi connectivity index (χ4n) is 3.50. The van der Waals surface area contributed by atoms with Crippen molar-refractivity contribution in [3.63, 3.8) is 0 Å². The van der Waals surface area contributed by atoms with E-state index >= 15 is 0 Å². The Balaban J connectivity index is 1.75. The number of aryl methyl sites for hydroxylation is 1. The topological polar surface area (TPSA) is 81.9 Å². The number of hydrogen-bond donors (Lipinski definition) is 1. The molecule has 0 saturated heterocycles. The Morgan fingerprint density at radius 1 is 1.28 bits per heavy atom. The van der Waals surface area contributed by atoms with Crippen molar-refractivity contribution in [1.29, 1.82) is 0 Å². The van der Waals surface area contributed by atoms with Crippen molar-refractivity contribution in [2.45, 2.75) is 33.1 Å². The molecule has 1 aliphatic heterocycles. The second-order valence-corrected chi connectivity index (χ2v) is 7.94. The van der Waals surface area contributed by atoms with Crippen molar-refractivity contribution in [2.24, 2.45) is 5.92 Å². The third-order valence-electron chi connectivity index (χ3n) is 4.78. The van der Waals surface area contributed by atoms with E-state index in [0.29, 0.717) is 35.7 Å². The number of amides is 1. The van der Waals surface area contributed by atoms with Gasteiger partial charge in [0.15, 0.2) is 11.0 Å². The Hall–Kier alpha value is -2.93. The monoisotopic (exact) mass is 411 g/mol. The molecule has 3 aromatic rings. The van der Waals surface area contributed by atoms with Crippen LogP contribution in [0.1, 0.15) is 43.0 Å². The van der Waals surface area contributed by atoms with Crippen LogP contribution in [0, 0.1) is 12.8 Å². The first-order valence-corrected chi connectivity index (χ1v) is 9.92. The molecule has 0 saturated carbocycles. The zero-order valence-electron chi connectivity index (χ0n) is 16.5. The molecule has 2 aromatic heterocycles. The van der Waals surface area contributed by atoms with Crippen LogP contribution in [0.15, 0.2) is 36.4 Å². The lowest BCUT2D eigenvalue weighted by molar-refractivity contribution is -0.116. The number of nitrogens with zero attached hydrogens (tertiary/aromatic N) is 4. The van der Waals surface area contributed by atoms with E-state index in [2.05, 4.69) is 34.5 Å². The van der Waals surface area contributed by atoms with Gasteiger partial charge in [-0.25, -0.2) is 0 Å². The van der Waals surface area contributed by atoms with Crippen LogP contribution in [0.25, 0.3) is 5.82 Å². The lowest BCUT2D eigenvalue weighted by Gasteiger charge is -2.24. The van der Waals surface area contributed by atoms with E-state index < -0.39 is 0 Å². The number of hydrogen-bond acceptors (Lipinski definition) is 5. The first-order valence-electron chi connectivity index (χ1n) is 9.54. The lowest BCUT2D eigenvalue weighted by atomic mass is 9.86. The van der Waals surface area contributed by atoms with E-state index in [1.807, 2.05) is 31.2 Å². The van der Waals surface area contributed by atoms with E-state index in [9.17, 15) is 4.79 Å². The number of aromatic nitrogens is 4. The molecule has 4 rings (SSSR count). The van der Waals surface area contributed by atoms with Gasteiger partial charge < -0.3 is 10.1 Å². The van der Waals surface area contributed by atoms with Crippen LogP contribution in [-0.4, -0.2) is 32.5 Å². The Morgan fingerprint density at radius 3 is 2.83 bits per heavy atom. The van der Waals surface area contributed by atoms with Crippen molar-refractivity contribution in [3.8, 4) is 11.6 Å². The summed E-state index contributed by atoms with van der Waals surface area (Å²) in [6.45, 7) is 6.80. The molecule has 0 bridgehead atoms. The zero-order chi connectivity index (χ0) is 20.5. The van der Waals surface area contributed by atoms with Gasteiger partial charge in [-0.2, -0.15) is 9.78 Å². The molecule has 0 spiro atoms. The Bertz CT molecular complexity index is 1050. The number of benzene rings is 1. The Kier molecular flexibility index (Phi) is 5.24. The normalized spacial score (nSPS) is 15.9. The van der Waals surface area contributed by atoms with Gasteiger partial charge in [0.05, 0.1) is 12.3 Å². The highest BCUT2D eigenvalue weighted by Crippen LogP contribution is 2.40. The van der Waals surface area contributed by atoms with Gasteiger partial charge in [-0.05, 0) is 42.7 Å². The van der Waals surface area contributed by atoms with Crippen LogP contribution >= 0.6 is 11.6 Å². The molecule has 0 aliphatic carbocycles. The molecule has 1 amide bonds. The molecular formula is C21H22ClN5O2. The summed E-state index contributed by atoms with van der Waals surface area (Å²) < 4.78 is 7.49. The summed E-state index contributed by atoms with van der Waals surface area (Å²) in [4.78, 5) is 12.5. The van der Waals surface area contributed by atoms with E-state index in [1.54, 1.807) is 16.8 Å². The first-order chi connectivity index (χ1) is 13.9. The van der Waals surface area contributed by atoms with Gasteiger partial charge >= 0.3 is 0 Å². The molecule has 7 nitrogen and oxygen atoms in total. The van der Waals surface area contributed by atoms with Crippen LogP contribution < -0.4 is 10.1 Å². The number of anilines is 1. The summed E-state index contributed by atoms with van der Waals surface area (Å²) in [5, 5.41) is 15.8. The Labute approximate surface area is 174 Å². The minimum absolute atomic E-state index is 0.0703. The molecular weight excluding hydrogens is 390 g/mol. The summed E-state index contributed by atoms with van der Waals surface area (Å²) in [5.74, 6) is 2.17. The van der Waals surface area contributed by atoms with Gasteiger partial charge in [0.1, 0.15) is 11.6 Å². The number of carbonyl (C=O) groups is 1. The minimum atomic E-state index is -0.115. The standard InChI is InChI=1S/C21H22ClN5O2/c1-12(2)11-29-15-6-4-5-14(9-15)16-10-19(28)23-21-20(16)13(3)26-27(21)18-8-7-17(22)24-25-18/h4-9,12,16H,10-11H2,1-3H3,(H,23,28). The molecule has 1 aromatic carbocycles. The largest absolute Gasteiger partial charge is 0.493 e. The van der Waals surface area contributed by atoms with Gasteiger partial charge in [-0.15, -0.1) is 10.2 Å². The third kappa shape index (κ3) is 3.96. The van der Waals surface area contributed by atoms with Crippen molar-refractivity contribution in [2.75, 3.05) is 11.9 Å². The molecule has 29 heavy (non-hydrogen) atoms. The smallest absolute Gasteiger partial charge is 0.226 e. The summed E-state index contributed by atoms with van der Waals surface area (Å²) in [5.41, 5.74) is 2.82. The maximum Gasteiger partial charge on any atom is 0.226 e. The van der Waals surface area contributed by atoms with E-state index in [-0.39, 0.29) is 11.8 Å². The van der Waals surface area contributed by atoms with Crippen molar-refractivity contribution in [1.82, 2.24) is 20.0 Å². The molecule has 1 N–H and O–H groups in total. The van der Waals surface area contributed by atoms with Gasteiger partial charge in [0.25, 0.3) is 0 Å². The highest BCUT2D eigenvalue weighted by Gasteiger charge is 2.33. The number of fused-ring (bicyclic) bond motifs is 1. The Morgan fingerprint density at radius 2 is 2.10 bits per heavy atom. The lowest BCUT2D eigenvalue weighted by Crippen LogP contribution is -2.25. The predicted molar refractivity (Wildman–Crippen MR) is 111 cm³/mol. The second kappa shape index (κ2) is 7.83. The zero-order valence-corrected chi connectivity index (χ0v) is 17.3. The molecule has 150 valence electrons. The predicted octanol–water partition coefficient (Wildman–Crippen LogP) is 4.13. The van der Waals surface area contributed by atoms with Gasteiger partial charge in [0.2, 0.25) is 5.91 Å². The summed E-state index contributed by atoms with van der Waals surface area (Å²) in [6.07, 6.45) is 0.347. The van der Waals surface area contributed by atoms with Gasteiger partial charge in [0, 0.05) is 17.9 Å². The van der Waals surface area contributed by atoms with E-state index in [4.69, 9.17) is 16.3 Å². The number of rotatable bonds is 5. The summed E-state index contributed by atoms with van der Waals surface area (Å²) >= 11 is 5.85. The van der Waals surface area contributed by atoms with Gasteiger partial charge in [-0.1, -0.05) is 37.6 Å². The highest BCUT2D eigenvalue weighted by atomic mass is 35.5. The first kappa shape index (κ1) is 19.4. The maximum atomic E-state index is 12.5. The van der Waals surface area contributed by atoms with Crippen molar-refractivity contribution < 1.29 is 9.53 Å². The molecule has 0 radical (unpaired) electrons. The second-order valence-electron chi connectivity index (χ2n) is 7.56. The quantitative estimate of drug-likeness (QED) is 0.682.